The second-order valence-electron chi connectivity index (χ2n) is 5.74. The van der Waals surface area contributed by atoms with Gasteiger partial charge in [0, 0.05) is 25.2 Å². The van der Waals surface area contributed by atoms with Gasteiger partial charge in [0.25, 0.3) is 0 Å². The molecule has 1 fully saturated rings. The third-order valence-corrected chi connectivity index (χ3v) is 4.01. The zero-order valence-electron chi connectivity index (χ0n) is 13.2. The first kappa shape index (κ1) is 16.0. The van der Waals surface area contributed by atoms with E-state index in [2.05, 4.69) is 10.3 Å². The number of hydrogen-bond acceptors (Lipinski definition) is 4. The summed E-state index contributed by atoms with van der Waals surface area (Å²) in [7, 11) is 0. The monoisotopic (exact) mass is 325 g/mol. The predicted octanol–water partition coefficient (Wildman–Crippen LogP) is 2.91. The smallest absolute Gasteiger partial charge is 0.354 e. The zero-order valence-corrected chi connectivity index (χ0v) is 13.2. The van der Waals surface area contributed by atoms with Gasteiger partial charge in [-0.05, 0) is 42.7 Å². The Kier molecular flexibility index (Phi) is 4.74. The summed E-state index contributed by atoms with van der Waals surface area (Å²) in [5.74, 6) is -0.346. The second-order valence-corrected chi connectivity index (χ2v) is 5.74. The van der Waals surface area contributed by atoms with Gasteiger partial charge in [0.05, 0.1) is 0 Å². The zero-order chi connectivity index (χ0) is 16.9. The number of hydrogen-bond donors (Lipinski definition) is 2. The maximum Gasteiger partial charge on any atom is 0.354 e. The van der Waals surface area contributed by atoms with Gasteiger partial charge in [0.1, 0.15) is 5.82 Å². The first-order valence-electron chi connectivity index (χ1n) is 7.97. The van der Waals surface area contributed by atoms with Crippen molar-refractivity contribution in [3.63, 3.8) is 0 Å². The van der Waals surface area contributed by atoms with E-state index in [1.165, 1.54) is 6.07 Å². The first-order valence-corrected chi connectivity index (χ1v) is 7.97. The molecule has 124 valence electrons. The van der Waals surface area contributed by atoms with Gasteiger partial charge in [-0.2, -0.15) is 0 Å². The van der Waals surface area contributed by atoms with Crippen LogP contribution in [0.15, 0.2) is 42.5 Å². The Morgan fingerprint density at radius 2 is 1.96 bits per heavy atom. The van der Waals surface area contributed by atoms with E-state index >= 15 is 0 Å². The Morgan fingerprint density at radius 3 is 2.67 bits per heavy atom. The van der Waals surface area contributed by atoms with Crippen LogP contribution in [-0.4, -0.2) is 28.5 Å². The lowest BCUT2D eigenvalue weighted by Crippen LogP contribution is -2.35. The number of carbonyl (C=O) groups is 2. The van der Waals surface area contributed by atoms with Crippen LogP contribution in [0.4, 0.5) is 11.5 Å². The highest BCUT2D eigenvalue weighted by Gasteiger charge is 2.19. The number of pyridine rings is 1. The van der Waals surface area contributed by atoms with Crippen molar-refractivity contribution in [3.05, 3.63) is 53.7 Å². The number of carbonyl (C=O) groups excluding carboxylic acids is 1. The Labute approximate surface area is 140 Å². The molecule has 1 aliphatic rings. The van der Waals surface area contributed by atoms with Crippen LogP contribution >= 0.6 is 0 Å². The van der Waals surface area contributed by atoms with Crippen molar-refractivity contribution >= 4 is 23.4 Å². The molecule has 0 bridgehead atoms. The number of anilines is 2. The van der Waals surface area contributed by atoms with Crippen molar-refractivity contribution in [2.45, 2.75) is 25.8 Å². The van der Waals surface area contributed by atoms with Gasteiger partial charge in [-0.25, -0.2) is 9.78 Å². The molecule has 0 radical (unpaired) electrons. The molecule has 6 nitrogen and oxygen atoms in total. The first-order chi connectivity index (χ1) is 11.6. The molecule has 0 aliphatic carbocycles. The van der Waals surface area contributed by atoms with Crippen LogP contribution in [-0.2, 0) is 11.3 Å². The number of nitrogens with one attached hydrogen (secondary N) is 1. The number of rotatable bonds is 5. The summed E-state index contributed by atoms with van der Waals surface area (Å²) in [5, 5.41) is 12.1. The minimum atomic E-state index is -1.05. The molecule has 0 unspecified atom stereocenters. The van der Waals surface area contributed by atoms with Crippen LogP contribution in [0.1, 0.15) is 35.3 Å². The fraction of sp³-hybridized carbons (Fsp3) is 0.278. The van der Waals surface area contributed by atoms with Crippen LogP contribution in [0.3, 0.4) is 0 Å². The molecule has 6 heteroatoms. The minimum Gasteiger partial charge on any atom is -0.477 e. The largest absolute Gasteiger partial charge is 0.477 e. The Hall–Kier alpha value is -2.89. The molecule has 1 aromatic heterocycles. The third-order valence-electron chi connectivity index (χ3n) is 4.01. The number of aromatic nitrogens is 1. The van der Waals surface area contributed by atoms with E-state index in [1.54, 1.807) is 12.1 Å². The molecule has 0 saturated carbocycles. The third kappa shape index (κ3) is 3.71. The number of amides is 1. The van der Waals surface area contributed by atoms with Crippen LogP contribution in [0, 0.1) is 0 Å². The van der Waals surface area contributed by atoms with E-state index in [9.17, 15) is 9.59 Å². The second kappa shape index (κ2) is 7.12. The Morgan fingerprint density at radius 1 is 1.17 bits per heavy atom. The highest BCUT2D eigenvalue weighted by molar-refractivity contribution is 5.93. The summed E-state index contributed by atoms with van der Waals surface area (Å²) in [6.45, 7) is 1.31. The molecule has 3 rings (SSSR count). The van der Waals surface area contributed by atoms with Crippen molar-refractivity contribution in [1.82, 2.24) is 4.98 Å². The summed E-state index contributed by atoms with van der Waals surface area (Å²) in [6.07, 6.45) is 2.63. The van der Waals surface area contributed by atoms with Gasteiger partial charge in [-0.15, -0.1) is 0 Å². The number of nitrogens with zero attached hydrogens (tertiary/aromatic N) is 2. The molecule has 1 aliphatic heterocycles. The van der Waals surface area contributed by atoms with E-state index in [-0.39, 0.29) is 11.6 Å². The van der Waals surface area contributed by atoms with Crippen molar-refractivity contribution in [3.8, 4) is 0 Å². The standard InChI is InChI=1S/C18H19N3O3/c22-17-6-1-2-11-21(17)14-9-7-13(8-10-14)12-19-16-5-3-4-15(20-16)18(23)24/h3-5,7-10H,1-2,6,11-12H2,(H,19,20)(H,23,24). The average Bonchev–Trinajstić information content (AvgIpc) is 2.61. The molecule has 0 atom stereocenters. The van der Waals surface area contributed by atoms with Crippen molar-refractivity contribution < 1.29 is 14.7 Å². The number of aromatic carboxylic acids is 1. The molecular weight excluding hydrogens is 306 g/mol. The number of benzene rings is 1. The molecule has 0 spiro atoms. The van der Waals surface area contributed by atoms with Crippen molar-refractivity contribution in [2.75, 3.05) is 16.8 Å². The normalized spacial score (nSPS) is 14.5. The predicted molar refractivity (Wildman–Crippen MR) is 91.2 cm³/mol. The highest BCUT2D eigenvalue weighted by Crippen LogP contribution is 2.21. The van der Waals surface area contributed by atoms with Gasteiger partial charge in [-0.3, -0.25) is 4.79 Å². The Bertz CT molecular complexity index is 743. The quantitative estimate of drug-likeness (QED) is 0.883. The molecular formula is C18H19N3O3. The highest BCUT2D eigenvalue weighted by atomic mass is 16.4. The van der Waals surface area contributed by atoms with Gasteiger partial charge in [-0.1, -0.05) is 18.2 Å². The van der Waals surface area contributed by atoms with Gasteiger partial charge >= 0.3 is 5.97 Å². The van der Waals surface area contributed by atoms with E-state index in [1.807, 2.05) is 29.2 Å². The fourth-order valence-corrected chi connectivity index (χ4v) is 2.72. The molecule has 1 saturated heterocycles. The van der Waals surface area contributed by atoms with Crippen LogP contribution in [0.25, 0.3) is 0 Å². The minimum absolute atomic E-state index is 0.0129. The van der Waals surface area contributed by atoms with E-state index in [0.29, 0.717) is 18.8 Å². The van der Waals surface area contributed by atoms with Crippen LogP contribution in [0.5, 0.6) is 0 Å². The lowest BCUT2D eigenvalue weighted by atomic mass is 10.1. The summed E-state index contributed by atoms with van der Waals surface area (Å²) < 4.78 is 0. The van der Waals surface area contributed by atoms with Crippen LogP contribution < -0.4 is 10.2 Å². The van der Waals surface area contributed by atoms with Gasteiger partial charge < -0.3 is 15.3 Å². The van der Waals surface area contributed by atoms with E-state index in [0.717, 1.165) is 30.6 Å². The molecule has 1 aromatic carbocycles. The maximum atomic E-state index is 11.9. The fourth-order valence-electron chi connectivity index (χ4n) is 2.72. The van der Waals surface area contributed by atoms with Crippen LogP contribution in [0.2, 0.25) is 0 Å². The van der Waals surface area contributed by atoms with Gasteiger partial charge in [0.15, 0.2) is 5.69 Å². The number of carboxylic acid groups (broad SMARTS) is 1. The van der Waals surface area contributed by atoms with E-state index in [4.69, 9.17) is 5.11 Å². The molecule has 2 heterocycles. The molecule has 24 heavy (non-hydrogen) atoms. The van der Waals surface area contributed by atoms with Crippen molar-refractivity contribution in [1.29, 1.82) is 0 Å². The Balaban J connectivity index is 1.63. The molecule has 2 aromatic rings. The summed E-state index contributed by atoms with van der Waals surface area (Å²) >= 11 is 0. The topological polar surface area (TPSA) is 82.5 Å². The lowest BCUT2D eigenvalue weighted by Gasteiger charge is -2.26. The SMILES string of the molecule is O=C(O)c1cccc(NCc2ccc(N3CCCCC3=O)cc2)n1. The van der Waals surface area contributed by atoms with E-state index < -0.39 is 5.97 Å². The molecule has 1 amide bonds. The summed E-state index contributed by atoms with van der Waals surface area (Å²) in [6, 6.07) is 12.7. The lowest BCUT2D eigenvalue weighted by molar-refractivity contribution is -0.119. The molecule has 2 N–H and O–H groups in total. The number of piperidine rings is 1. The summed E-state index contributed by atoms with van der Waals surface area (Å²) in [5.41, 5.74) is 1.97. The number of carboxylic acids is 1. The summed E-state index contributed by atoms with van der Waals surface area (Å²) in [4.78, 5) is 28.7. The van der Waals surface area contributed by atoms with Gasteiger partial charge in [0.2, 0.25) is 5.91 Å². The maximum absolute atomic E-state index is 11.9. The average molecular weight is 325 g/mol. The van der Waals surface area contributed by atoms with Crippen molar-refractivity contribution in [2.24, 2.45) is 0 Å².